The number of hydrogen-bond acceptors (Lipinski definition) is 3. The van der Waals surface area contributed by atoms with E-state index in [4.69, 9.17) is 4.74 Å². The van der Waals surface area contributed by atoms with Crippen molar-refractivity contribution in [3.05, 3.63) is 18.2 Å². The van der Waals surface area contributed by atoms with Crippen molar-refractivity contribution in [1.82, 2.24) is 9.55 Å². The highest BCUT2D eigenvalue weighted by Crippen LogP contribution is 2.51. The molecule has 0 radical (unpaired) electrons. The van der Waals surface area contributed by atoms with E-state index in [1.165, 1.54) is 0 Å². The van der Waals surface area contributed by atoms with Gasteiger partial charge in [-0.2, -0.15) is 0 Å². The molecule has 0 bridgehead atoms. The summed E-state index contributed by atoms with van der Waals surface area (Å²) in [4.78, 5) is 14.8. The second-order valence-corrected chi connectivity index (χ2v) is 4.64. The minimum atomic E-state index is 0.0627. The molecule has 0 saturated heterocycles. The lowest BCUT2D eigenvalue weighted by atomic mass is 9.64. The second-order valence-electron chi connectivity index (χ2n) is 4.64. The lowest BCUT2D eigenvalue weighted by Crippen LogP contribution is -2.51. The average Bonchev–Trinajstić information content (AvgIpc) is 2.64. The SMILES string of the molecule is COC1CC(n2cncc2C=O)C1(C)C. The molecule has 0 N–H and O–H groups in total. The van der Waals surface area contributed by atoms with Gasteiger partial charge in [-0.3, -0.25) is 4.79 Å². The van der Waals surface area contributed by atoms with Crippen LogP contribution in [0.15, 0.2) is 12.5 Å². The van der Waals surface area contributed by atoms with Crippen molar-refractivity contribution in [3.8, 4) is 0 Å². The van der Waals surface area contributed by atoms with Gasteiger partial charge in [0.15, 0.2) is 6.29 Å². The van der Waals surface area contributed by atoms with E-state index < -0.39 is 0 Å². The number of carbonyl (C=O) groups is 1. The number of rotatable bonds is 3. The van der Waals surface area contributed by atoms with Crippen LogP contribution in [0, 0.1) is 5.41 Å². The molecular weight excluding hydrogens is 192 g/mol. The summed E-state index contributed by atoms with van der Waals surface area (Å²) in [5.74, 6) is 0. The summed E-state index contributed by atoms with van der Waals surface area (Å²) in [7, 11) is 1.73. The standard InChI is InChI=1S/C11H16N2O2/c1-11(2)9(4-10(11)15-3)13-7-12-5-8(13)6-14/h5-7,9-10H,4H2,1-3H3. The number of aromatic nitrogens is 2. The lowest BCUT2D eigenvalue weighted by Gasteiger charge is -2.51. The van der Waals surface area contributed by atoms with Crippen LogP contribution < -0.4 is 0 Å². The van der Waals surface area contributed by atoms with Gasteiger partial charge in [0.1, 0.15) is 5.69 Å². The Kier molecular flexibility index (Phi) is 2.38. The molecule has 1 aromatic heterocycles. The van der Waals surface area contributed by atoms with Gasteiger partial charge in [-0.1, -0.05) is 13.8 Å². The van der Waals surface area contributed by atoms with Crippen LogP contribution in [0.4, 0.5) is 0 Å². The van der Waals surface area contributed by atoms with E-state index in [0.29, 0.717) is 11.7 Å². The van der Waals surface area contributed by atoms with E-state index in [-0.39, 0.29) is 11.5 Å². The summed E-state index contributed by atoms with van der Waals surface area (Å²) in [5, 5.41) is 0. The number of methoxy groups -OCH3 is 1. The topological polar surface area (TPSA) is 44.1 Å². The van der Waals surface area contributed by atoms with Crippen molar-refractivity contribution in [2.45, 2.75) is 32.4 Å². The Bertz CT molecular complexity index is 370. The van der Waals surface area contributed by atoms with Gasteiger partial charge in [0.05, 0.1) is 18.6 Å². The van der Waals surface area contributed by atoms with Gasteiger partial charge in [0.25, 0.3) is 0 Å². The molecule has 1 aliphatic carbocycles. The molecule has 4 nitrogen and oxygen atoms in total. The molecule has 0 aliphatic heterocycles. The Hall–Kier alpha value is -1.16. The van der Waals surface area contributed by atoms with Gasteiger partial charge < -0.3 is 9.30 Å². The van der Waals surface area contributed by atoms with Gasteiger partial charge in [-0.25, -0.2) is 4.98 Å². The van der Waals surface area contributed by atoms with E-state index in [2.05, 4.69) is 18.8 Å². The minimum Gasteiger partial charge on any atom is -0.381 e. The zero-order chi connectivity index (χ0) is 11.1. The van der Waals surface area contributed by atoms with Crippen molar-refractivity contribution < 1.29 is 9.53 Å². The number of imidazole rings is 1. The Labute approximate surface area is 89.3 Å². The van der Waals surface area contributed by atoms with Gasteiger partial charge in [0, 0.05) is 18.6 Å². The number of nitrogens with zero attached hydrogens (tertiary/aromatic N) is 2. The zero-order valence-electron chi connectivity index (χ0n) is 9.30. The van der Waals surface area contributed by atoms with Crippen molar-refractivity contribution >= 4 is 6.29 Å². The molecule has 1 aliphatic rings. The average molecular weight is 208 g/mol. The van der Waals surface area contributed by atoms with Crippen LogP contribution in [0.2, 0.25) is 0 Å². The maximum Gasteiger partial charge on any atom is 0.168 e. The molecule has 1 aromatic rings. The van der Waals surface area contributed by atoms with Crippen molar-refractivity contribution in [1.29, 1.82) is 0 Å². The van der Waals surface area contributed by atoms with Gasteiger partial charge in [-0.05, 0) is 6.42 Å². The second kappa shape index (κ2) is 3.45. The summed E-state index contributed by atoms with van der Waals surface area (Å²) < 4.78 is 7.33. The lowest BCUT2D eigenvalue weighted by molar-refractivity contribution is -0.113. The third-order valence-corrected chi connectivity index (χ3v) is 3.56. The fourth-order valence-corrected chi connectivity index (χ4v) is 2.40. The van der Waals surface area contributed by atoms with E-state index in [1.54, 1.807) is 19.6 Å². The fraction of sp³-hybridized carbons (Fsp3) is 0.636. The molecule has 1 fully saturated rings. The van der Waals surface area contributed by atoms with E-state index in [0.717, 1.165) is 12.7 Å². The first-order chi connectivity index (χ1) is 7.11. The van der Waals surface area contributed by atoms with Crippen LogP contribution in [-0.4, -0.2) is 29.1 Å². The summed E-state index contributed by atoms with van der Waals surface area (Å²) in [5.41, 5.74) is 0.704. The third-order valence-electron chi connectivity index (χ3n) is 3.56. The normalized spacial score (nSPS) is 28.5. The molecule has 2 atom stereocenters. The van der Waals surface area contributed by atoms with Crippen LogP contribution in [-0.2, 0) is 4.74 Å². The number of hydrogen-bond donors (Lipinski definition) is 0. The molecule has 4 heteroatoms. The first-order valence-electron chi connectivity index (χ1n) is 5.11. The van der Waals surface area contributed by atoms with Crippen molar-refractivity contribution in [2.24, 2.45) is 5.41 Å². The fourth-order valence-electron chi connectivity index (χ4n) is 2.40. The number of ether oxygens (including phenoxy) is 1. The Morgan fingerprint density at radius 3 is 2.93 bits per heavy atom. The molecular formula is C11H16N2O2. The summed E-state index contributed by atoms with van der Waals surface area (Å²) in [6, 6.07) is 0.310. The maximum absolute atomic E-state index is 10.8. The number of aldehydes is 1. The Morgan fingerprint density at radius 2 is 2.40 bits per heavy atom. The summed E-state index contributed by atoms with van der Waals surface area (Å²) in [6.45, 7) is 4.31. The third kappa shape index (κ3) is 1.40. The zero-order valence-corrected chi connectivity index (χ0v) is 9.30. The molecule has 82 valence electrons. The van der Waals surface area contributed by atoms with E-state index >= 15 is 0 Å². The van der Waals surface area contributed by atoms with Crippen LogP contribution in [0.1, 0.15) is 36.8 Å². The molecule has 1 heterocycles. The molecule has 2 unspecified atom stereocenters. The monoisotopic (exact) mass is 208 g/mol. The molecule has 1 saturated carbocycles. The minimum absolute atomic E-state index is 0.0627. The first kappa shape index (κ1) is 10.4. The molecule has 15 heavy (non-hydrogen) atoms. The summed E-state index contributed by atoms with van der Waals surface area (Å²) in [6.07, 6.45) is 5.39. The highest BCUT2D eigenvalue weighted by Gasteiger charge is 2.49. The van der Waals surface area contributed by atoms with Crippen LogP contribution >= 0.6 is 0 Å². The Morgan fingerprint density at radius 1 is 1.67 bits per heavy atom. The molecule has 0 amide bonds. The van der Waals surface area contributed by atoms with Crippen molar-refractivity contribution in [2.75, 3.05) is 7.11 Å². The highest BCUT2D eigenvalue weighted by molar-refractivity contribution is 5.71. The van der Waals surface area contributed by atoms with Gasteiger partial charge >= 0.3 is 0 Å². The quantitative estimate of drug-likeness (QED) is 0.710. The summed E-state index contributed by atoms with van der Waals surface area (Å²) >= 11 is 0. The van der Waals surface area contributed by atoms with Gasteiger partial charge in [-0.15, -0.1) is 0 Å². The smallest absolute Gasteiger partial charge is 0.168 e. The first-order valence-corrected chi connectivity index (χ1v) is 5.11. The van der Waals surface area contributed by atoms with Crippen LogP contribution in [0.25, 0.3) is 0 Å². The molecule has 2 rings (SSSR count). The predicted octanol–water partition coefficient (Wildman–Crippen LogP) is 1.68. The largest absolute Gasteiger partial charge is 0.381 e. The van der Waals surface area contributed by atoms with E-state index in [1.807, 2.05) is 4.57 Å². The Balaban J connectivity index is 2.24. The van der Waals surface area contributed by atoms with Gasteiger partial charge in [0.2, 0.25) is 0 Å². The highest BCUT2D eigenvalue weighted by atomic mass is 16.5. The van der Waals surface area contributed by atoms with Crippen molar-refractivity contribution in [3.63, 3.8) is 0 Å². The predicted molar refractivity (Wildman–Crippen MR) is 55.8 cm³/mol. The molecule has 0 aromatic carbocycles. The van der Waals surface area contributed by atoms with E-state index in [9.17, 15) is 4.79 Å². The molecule has 0 spiro atoms. The van der Waals surface area contributed by atoms with Crippen LogP contribution in [0.3, 0.4) is 0 Å². The number of carbonyl (C=O) groups excluding carboxylic acids is 1. The maximum atomic E-state index is 10.8. The van der Waals surface area contributed by atoms with Crippen LogP contribution in [0.5, 0.6) is 0 Å².